The summed E-state index contributed by atoms with van der Waals surface area (Å²) < 4.78 is 7.79. The standard InChI is InChI=1S/C16H21N3O/c1-2-5-14(6-3-1)16-18-9-11-19(16)10-8-17-13-15-7-4-12-20-15/h1-3,5-6,9,11,15,17H,4,7-8,10,12-13H2. The molecule has 0 bridgehead atoms. The van der Waals surface area contributed by atoms with Crippen LogP contribution in [-0.4, -0.2) is 35.4 Å². The van der Waals surface area contributed by atoms with E-state index in [1.54, 1.807) is 0 Å². The summed E-state index contributed by atoms with van der Waals surface area (Å²) in [6.45, 7) is 3.74. The molecule has 0 radical (unpaired) electrons. The highest BCUT2D eigenvalue weighted by Crippen LogP contribution is 2.16. The van der Waals surface area contributed by atoms with Crippen LogP contribution in [0.15, 0.2) is 42.7 Å². The van der Waals surface area contributed by atoms with Crippen LogP contribution in [0.25, 0.3) is 11.4 Å². The molecule has 1 aromatic carbocycles. The number of nitrogens with zero attached hydrogens (tertiary/aromatic N) is 2. The van der Waals surface area contributed by atoms with E-state index >= 15 is 0 Å². The van der Waals surface area contributed by atoms with E-state index in [0.717, 1.165) is 37.6 Å². The predicted octanol–water partition coefficient (Wildman–Crippen LogP) is 2.32. The van der Waals surface area contributed by atoms with Gasteiger partial charge in [0.1, 0.15) is 5.82 Å². The molecule has 20 heavy (non-hydrogen) atoms. The van der Waals surface area contributed by atoms with Crippen molar-refractivity contribution in [1.82, 2.24) is 14.9 Å². The van der Waals surface area contributed by atoms with E-state index in [0.29, 0.717) is 6.10 Å². The van der Waals surface area contributed by atoms with Crippen molar-refractivity contribution in [2.75, 3.05) is 19.7 Å². The van der Waals surface area contributed by atoms with Crippen LogP contribution < -0.4 is 5.32 Å². The number of aromatic nitrogens is 2. The molecule has 0 amide bonds. The molecule has 106 valence electrons. The highest BCUT2D eigenvalue weighted by molar-refractivity contribution is 5.55. The van der Waals surface area contributed by atoms with Crippen LogP contribution in [0.5, 0.6) is 0 Å². The van der Waals surface area contributed by atoms with Crippen LogP contribution in [0.3, 0.4) is 0 Å². The minimum Gasteiger partial charge on any atom is -0.377 e. The van der Waals surface area contributed by atoms with Gasteiger partial charge in [0.2, 0.25) is 0 Å². The average Bonchev–Trinajstić information content (AvgIpc) is 3.16. The van der Waals surface area contributed by atoms with Crippen LogP contribution >= 0.6 is 0 Å². The van der Waals surface area contributed by atoms with E-state index in [1.165, 1.54) is 12.8 Å². The van der Waals surface area contributed by atoms with E-state index in [1.807, 2.05) is 30.6 Å². The Kier molecular flexibility index (Phi) is 4.46. The molecule has 1 fully saturated rings. The van der Waals surface area contributed by atoms with Crippen molar-refractivity contribution in [2.24, 2.45) is 0 Å². The number of hydrogen-bond acceptors (Lipinski definition) is 3. The lowest BCUT2D eigenvalue weighted by atomic mass is 10.2. The van der Waals surface area contributed by atoms with Crippen LogP contribution in [0.1, 0.15) is 12.8 Å². The zero-order valence-electron chi connectivity index (χ0n) is 11.7. The Morgan fingerprint density at radius 2 is 2.20 bits per heavy atom. The third-order valence-corrected chi connectivity index (χ3v) is 3.67. The third-order valence-electron chi connectivity index (χ3n) is 3.67. The van der Waals surface area contributed by atoms with Gasteiger partial charge in [0, 0.05) is 44.2 Å². The molecule has 1 N–H and O–H groups in total. The SMILES string of the molecule is c1ccc(-c2nccn2CCNCC2CCCO2)cc1. The van der Waals surface area contributed by atoms with Crippen molar-refractivity contribution in [2.45, 2.75) is 25.5 Å². The molecule has 2 heterocycles. The first-order chi connectivity index (χ1) is 9.93. The topological polar surface area (TPSA) is 39.1 Å². The molecule has 4 heteroatoms. The molecule has 0 spiro atoms. The summed E-state index contributed by atoms with van der Waals surface area (Å²) in [6, 6.07) is 10.3. The molecular weight excluding hydrogens is 250 g/mol. The Balaban J connectivity index is 1.52. The fourth-order valence-electron chi connectivity index (χ4n) is 2.61. The van der Waals surface area contributed by atoms with E-state index in [-0.39, 0.29) is 0 Å². The van der Waals surface area contributed by atoms with E-state index < -0.39 is 0 Å². The van der Waals surface area contributed by atoms with Crippen molar-refractivity contribution in [1.29, 1.82) is 0 Å². The first-order valence-electron chi connectivity index (χ1n) is 7.32. The Morgan fingerprint density at radius 1 is 1.30 bits per heavy atom. The van der Waals surface area contributed by atoms with Gasteiger partial charge >= 0.3 is 0 Å². The fraction of sp³-hybridized carbons (Fsp3) is 0.438. The van der Waals surface area contributed by atoms with Gasteiger partial charge in [0.05, 0.1) is 6.10 Å². The van der Waals surface area contributed by atoms with Gasteiger partial charge in [0.15, 0.2) is 0 Å². The summed E-state index contributed by atoms with van der Waals surface area (Å²) in [5.41, 5.74) is 1.16. The minimum absolute atomic E-state index is 0.409. The van der Waals surface area contributed by atoms with Crippen LogP contribution in [0, 0.1) is 0 Å². The minimum atomic E-state index is 0.409. The summed E-state index contributed by atoms with van der Waals surface area (Å²) in [4.78, 5) is 4.45. The van der Waals surface area contributed by atoms with E-state index in [4.69, 9.17) is 4.74 Å². The first-order valence-corrected chi connectivity index (χ1v) is 7.32. The molecule has 1 aliphatic heterocycles. The van der Waals surface area contributed by atoms with Crippen molar-refractivity contribution >= 4 is 0 Å². The molecule has 0 aliphatic carbocycles. The smallest absolute Gasteiger partial charge is 0.139 e. The molecule has 4 nitrogen and oxygen atoms in total. The number of hydrogen-bond donors (Lipinski definition) is 1. The van der Waals surface area contributed by atoms with Gasteiger partial charge in [-0.3, -0.25) is 0 Å². The molecule has 1 atom stereocenters. The van der Waals surface area contributed by atoms with Crippen molar-refractivity contribution in [3.05, 3.63) is 42.7 Å². The Bertz CT molecular complexity index is 518. The van der Waals surface area contributed by atoms with Gasteiger partial charge in [-0.25, -0.2) is 4.98 Å². The predicted molar refractivity (Wildman–Crippen MR) is 79.5 cm³/mol. The fourth-order valence-corrected chi connectivity index (χ4v) is 2.61. The molecule has 1 aliphatic rings. The monoisotopic (exact) mass is 271 g/mol. The van der Waals surface area contributed by atoms with Crippen molar-refractivity contribution < 1.29 is 4.74 Å². The number of ether oxygens (including phenoxy) is 1. The zero-order chi connectivity index (χ0) is 13.6. The van der Waals surface area contributed by atoms with E-state index in [9.17, 15) is 0 Å². The Hall–Kier alpha value is -1.65. The Morgan fingerprint density at radius 3 is 3.00 bits per heavy atom. The summed E-state index contributed by atoms with van der Waals surface area (Å²) in [5, 5.41) is 3.47. The van der Waals surface area contributed by atoms with Gasteiger partial charge < -0.3 is 14.6 Å². The number of nitrogens with one attached hydrogen (secondary N) is 1. The molecule has 2 aromatic rings. The quantitative estimate of drug-likeness (QED) is 0.820. The third kappa shape index (κ3) is 3.26. The second kappa shape index (κ2) is 6.68. The summed E-state index contributed by atoms with van der Waals surface area (Å²) in [5.74, 6) is 1.03. The van der Waals surface area contributed by atoms with Gasteiger partial charge in [-0.2, -0.15) is 0 Å². The first kappa shape index (κ1) is 13.3. The second-order valence-corrected chi connectivity index (χ2v) is 5.15. The molecule has 1 saturated heterocycles. The lowest BCUT2D eigenvalue weighted by Crippen LogP contribution is -2.29. The summed E-state index contributed by atoms with van der Waals surface area (Å²) >= 11 is 0. The highest BCUT2D eigenvalue weighted by atomic mass is 16.5. The Labute approximate surface area is 119 Å². The number of imidazole rings is 1. The van der Waals surface area contributed by atoms with Crippen LogP contribution in [-0.2, 0) is 11.3 Å². The van der Waals surface area contributed by atoms with Gasteiger partial charge in [-0.05, 0) is 12.8 Å². The van der Waals surface area contributed by atoms with Gasteiger partial charge in [0.25, 0.3) is 0 Å². The second-order valence-electron chi connectivity index (χ2n) is 5.15. The number of benzene rings is 1. The van der Waals surface area contributed by atoms with Gasteiger partial charge in [-0.1, -0.05) is 30.3 Å². The maximum atomic E-state index is 5.60. The maximum absolute atomic E-state index is 5.60. The van der Waals surface area contributed by atoms with Gasteiger partial charge in [-0.15, -0.1) is 0 Å². The molecule has 0 saturated carbocycles. The molecule has 1 unspecified atom stereocenters. The van der Waals surface area contributed by atoms with Crippen molar-refractivity contribution in [3.8, 4) is 11.4 Å². The zero-order valence-corrected chi connectivity index (χ0v) is 11.7. The van der Waals surface area contributed by atoms with Crippen LogP contribution in [0.2, 0.25) is 0 Å². The lowest BCUT2D eigenvalue weighted by molar-refractivity contribution is 0.110. The normalized spacial score (nSPS) is 18.5. The lowest BCUT2D eigenvalue weighted by Gasteiger charge is -2.12. The summed E-state index contributed by atoms with van der Waals surface area (Å²) in [7, 11) is 0. The van der Waals surface area contributed by atoms with Crippen molar-refractivity contribution in [3.63, 3.8) is 0 Å². The molecule has 3 rings (SSSR count). The molecular formula is C16H21N3O. The largest absolute Gasteiger partial charge is 0.377 e. The van der Waals surface area contributed by atoms with Crippen LogP contribution in [0.4, 0.5) is 0 Å². The average molecular weight is 271 g/mol. The maximum Gasteiger partial charge on any atom is 0.139 e. The number of rotatable bonds is 6. The molecule has 1 aromatic heterocycles. The highest BCUT2D eigenvalue weighted by Gasteiger charge is 2.14. The van der Waals surface area contributed by atoms with E-state index in [2.05, 4.69) is 27.0 Å². The summed E-state index contributed by atoms with van der Waals surface area (Å²) in [6.07, 6.45) is 6.70.